The molecule has 2 heterocycles. The predicted molar refractivity (Wildman–Crippen MR) is 92.3 cm³/mol. The summed E-state index contributed by atoms with van der Waals surface area (Å²) >= 11 is 5.83. The summed E-state index contributed by atoms with van der Waals surface area (Å²) in [7, 11) is 0. The van der Waals surface area contributed by atoms with Crippen molar-refractivity contribution < 1.29 is 17.7 Å². The van der Waals surface area contributed by atoms with E-state index in [1.165, 1.54) is 0 Å². The number of anilines is 1. The lowest BCUT2D eigenvalue weighted by Gasteiger charge is -2.17. The van der Waals surface area contributed by atoms with E-state index >= 15 is 0 Å². The van der Waals surface area contributed by atoms with Crippen LogP contribution in [0.2, 0.25) is 5.02 Å². The van der Waals surface area contributed by atoms with E-state index in [1.807, 2.05) is 0 Å². The van der Waals surface area contributed by atoms with Crippen molar-refractivity contribution in [1.82, 2.24) is 15.1 Å². The maximum atomic E-state index is 12.6. The summed E-state index contributed by atoms with van der Waals surface area (Å²) in [6.45, 7) is 0.331. The first-order valence-electron chi connectivity index (χ1n) is 7.86. The zero-order chi connectivity index (χ0) is 18.1. The first-order valence-corrected chi connectivity index (χ1v) is 8.24. The van der Waals surface area contributed by atoms with Crippen LogP contribution >= 0.6 is 24.0 Å². The third-order valence-electron chi connectivity index (χ3n) is 4.21. The Labute approximate surface area is 159 Å². The molecular formula is C15H18Cl2F3N5O. The summed E-state index contributed by atoms with van der Waals surface area (Å²) in [5.41, 5.74) is 4.85. The molecule has 0 radical (unpaired) electrons. The largest absolute Gasteiger partial charge is 0.417 e. The lowest BCUT2D eigenvalue weighted by atomic mass is 9.99. The van der Waals surface area contributed by atoms with Gasteiger partial charge in [0.25, 0.3) is 0 Å². The van der Waals surface area contributed by atoms with Crippen molar-refractivity contribution in [2.45, 2.75) is 43.8 Å². The van der Waals surface area contributed by atoms with Gasteiger partial charge in [-0.25, -0.2) is 4.98 Å². The molecule has 1 saturated carbocycles. The number of halogens is 5. The van der Waals surface area contributed by atoms with E-state index in [0.717, 1.165) is 37.9 Å². The van der Waals surface area contributed by atoms with Crippen LogP contribution in [0.3, 0.4) is 0 Å². The number of nitrogens with zero attached hydrogens (tertiary/aromatic N) is 3. The fraction of sp³-hybridized carbons (Fsp3) is 0.533. The Morgan fingerprint density at radius 1 is 1.31 bits per heavy atom. The van der Waals surface area contributed by atoms with Crippen molar-refractivity contribution in [1.29, 1.82) is 0 Å². The number of aromatic nitrogens is 3. The van der Waals surface area contributed by atoms with E-state index in [1.54, 1.807) is 0 Å². The second-order valence-electron chi connectivity index (χ2n) is 6.10. The van der Waals surface area contributed by atoms with E-state index in [4.69, 9.17) is 21.9 Å². The third-order valence-corrected chi connectivity index (χ3v) is 4.50. The minimum absolute atomic E-state index is 0. The minimum Gasteiger partial charge on any atom is -0.368 e. The highest BCUT2D eigenvalue weighted by Gasteiger charge is 2.36. The Kier molecular flexibility index (Phi) is 6.36. The second kappa shape index (κ2) is 7.98. The minimum atomic E-state index is -4.48. The molecule has 11 heteroatoms. The van der Waals surface area contributed by atoms with Crippen LogP contribution in [0.5, 0.6) is 0 Å². The summed E-state index contributed by atoms with van der Waals surface area (Å²) in [4.78, 5) is 8.02. The smallest absolute Gasteiger partial charge is 0.368 e. The van der Waals surface area contributed by atoms with Gasteiger partial charge in [-0.15, -0.1) is 12.4 Å². The average molecular weight is 412 g/mol. The van der Waals surface area contributed by atoms with Crippen LogP contribution < -0.4 is 11.1 Å². The quantitative estimate of drug-likeness (QED) is 0.773. The van der Waals surface area contributed by atoms with Gasteiger partial charge >= 0.3 is 6.18 Å². The molecule has 1 fully saturated rings. The normalized spacial score (nSPS) is 16.3. The fourth-order valence-electron chi connectivity index (χ4n) is 2.80. The molecule has 0 bridgehead atoms. The zero-order valence-electron chi connectivity index (χ0n) is 13.6. The molecule has 0 spiro atoms. The highest BCUT2D eigenvalue weighted by atomic mass is 35.5. The third kappa shape index (κ3) is 4.57. The molecule has 2 aromatic rings. The van der Waals surface area contributed by atoms with E-state index in [0.29, 0.717) is 24.7 Å². The Hall–Kier alpha value is -1.58. The molecule has 6 nitrogen and oxygen atoms in total. The summed E-state index contributed by atoms with van der Waals surface area (Å²) in [6.07, 6.45) is 0.373. The standard InChI is InChI=1S/C15H17ClF3N5O.ClH/c16-10-7-9(15(17,18)19)8-22-12(10)21-6-3-11-23-13(24-25-11)14(20)4-1-2-5-14;/h7-8H,1-6,20H2,(H,21,22);1H. The summed E-state index contributed by atoms with van der Waals surface area (Å²) in [6, 6.07) is 0.833. The van der Waals surface area contributed by atoms with Crippen molar-refractivity contribution in [2.24, 2.45) is 5.73 Å². The molecular weight excluding hydrogens is 394 g/mol. The molecule has 0 unspecified atom stereocenters. The van der Waals surface area contributed by atoms with Gasteiger partial charge in [-0.1, -0.05) is 29.6 Å². The monoisotopic (exact) mass is 411 g/mol. The van der Waals surface area contributed by atoms with E-state index in [-0.39, 0.29) is 23.2 Å². The van der Waals surface area contributed by atoms with Crippen LogP contribution in [0.15, 0.2) is 16.8 Å². The van der Waals surface area contributed by atoms with Gasteiger partial charge in [-0.2, -0.15) is 18.2 Å². The predicted octanol–water partition coefficient (Wildman–Crippen LogP) is 3.94. The van der Waals surface area contributed by atoms with E-state index < -0.39 is 17.3 Å². The first kappa shape index (κ1) is 20.7. The number of nitrogens with two attached hydrogens (primary N) is 1. The number of hydrogen-bond donors (Lipinski definition) is 2. The van der Waals surface area contributed by atoms with Crippen molar-refractivity contribution in [3.63, 3.8) is 0 Å². The number of alkyl halides is 3. The number of hydrogen-bond acceptors (Lipinski definition) is 6. The molecule has 0 aromatic carbocycles. The summed E-state index contributed by atoms with van der Waals surface area (Å²) < 4.78 is 42.9. The van der Waals surface area contributed by atoms with E-state index in [2.05, 4.69) is 20.4 Å². The Balaban J connectivity index is 0.00000243. The molecule has 3 rings (SSSR count). The van der Waals surface area contributed by atoms with Gasteiger partial charge in [0.15, 0.2) is 5.82 Å². The molecule has 1 aliphatic carbocycles. The topological polar surface area (TPSA) is 89.9 Å². The van der Waals surface area contributed by atoms with Gasteiger partial charge in [0.1, 0.15) is 5.82 Å². The molecule has 0 amide bonds. The van der Waals surface area contributed by atoms with Gasteiger partial charge in [-0.05, 0) is 18.9 Å². The summed E-state index contributed by atoms with van der Waals surface area (Å²) in [5, 5.41) is 6.70. The molecule has 0 saturated heterocycles. The molecule has 1 aliphatic rings. The van der Waals surface area contributed by atoms with Gasteiger partial charge in [0.2, 0.25) is 5.89 Å². The van der Waals surface area contributed by atoms with Gasteiger partial charge in [-0.3, -0.25) is 0 Å². The van der Waals surface area contributed by atoms with Gasteiger partial charge in [0.05, 0.1) is 16.1 Å². The zero-order valence-corrected chi connectivity index (χ0v) is 15.2. The van der Waals surface area contributed by atoms with Crippen LogP contribution in [0.25, 0.3) is 0 Å². The lowest BCUT2D eigenvalue weighted by molar-refractivity contribution is -0.137. The van der Waals surface area contributed by atoms with E-state index in [9.17, 15) is 13.2 Å². The maximum absolute atomic E-state index is 12.6. The van der Waals surface area contributed by atoms with Gasteiger partial charge < -0.3 is 15.6 Å². The number of nitrogens with one attached hydrogen (secondary N) is 1. The Morgan fingerprint density at radius 3 is 2.62 bits per heavy atom. The molecule has 3 N–H and O–H groups in total. The highest BCUT2D eigenvalue weighted by molar-refractivity contribution is 6.32. The van der Waals surface area contributed by atoms with Crippen molar-refractivity contribution in [3.8, 4) is 0 Å². The van der Waals surface area contributed by atoms with Crippen molar-refractivity contribution in [2.75, 3.05) is 11.9 Å². The summed E-state index contributed by atoms with van der Waals surface area (Å²) in [5.74, 6) is 1.08. The van der Waals surface area contributed by atoms with Crippen molar-refractivity contribution >= 4 is 29.8 Å². The Morgan fingerprint density at radius 2 is 2.00 bits per heavy atom. The van der Waals surface area contributed by atoms with Crippen LogP contribution in [0, 0.1) is 0 Å². The number of pyridine rings is 1. The number of rotatable bonds is 5. The SMILES string of the molecule is Cl.NC1(c2noc(CCNc3ncc(C(F)(F)F)cc3Cl)n2)CCCC1. The van der Waals surface area contributed by atoms with Gasteiger partial charge in [0, 0.05) is 19.2 Å². The molecule has 0 aliphatic heterocycles. The fourth-order valence-corrected chi connectivity index (χ4v) is 3.03. The van der Waals surface area contributed by atoms with Crippen LogP contribution in [0.4, 0.5) is 19.0 Å². The van der Waals surface area contributed by atoms with Crippen LogP contribution in [-0.2, 0) is 18.1 Å². The maximum Gasteiger partial charge on any atom is 0.417 e. The van der Waals surface area contributed by atoms with Crippen LogP contribution in [0.1, 0.15) is 43.0 Å². The molecule has 0 atom stereocenters. The van der Waals surface area contributed by atoms with Crippen LogP contribution in [-0.4, -0.2) is 21.7 Å². The van der Waals surface area contributed by atoms with Crippen molar-refractivity contribution in [3.05, 3.63) is 34.6 Å². The molecule has 26 heavy (non-hydrogen) atoms. The first-order chi connectivity index (χ1) is 11.8. The second-order valence-corrected chi connectivity index (χ2v) is 6.51. The highest BCUT2D eigenvalue weighted by Crippen LogP contribution is 2.34. The Bertz CT molecular complexity index is 747. The average Bonchev–Trinajstić information content (AvgIpc) is 3.18. The lowest BCUT2D eigenvalue weighted by Crippen LogP contribution is -2.34. The molecule has 2 aromatic heterocycles. The molecule has 144 valence electrons.